The van der Waals surface area contributed by atoms with Crippen LogP contribution in [-0.2, 0) is 4.74 Å². The van der Waals surface area contributed by atoms with Crippen molar-refractivity contribution in [2.75, 3.05) is 26.8 Å². The third kappa shape index (κ3) is 5.99. The number of alkyl halides is 2. The number of nitrogens with zero attached hydrogens (tertiary/aromatic N) is 2. The van der Waals surface area contributed by atoms with Crippen molar-refractivity contribution in [1.29, 1.82) is 0 Å². The highest BCUT2D eigenvalue weighted by Crippen LogP contribution is 2.37. The summed E-state index contributed by atoms with van der Waals surface area (Å²) in [5.74, 6) is 0.198. The summed E-state index contributed by atoms with van der Waals surface area (Å²) >= 11 is 0. The lowest BCUT2D eigenvalue weighted by molar-refractivity contribution is -0.0515. The molecular formula is C23H28F2N4O6. The van der Waals surface area contributed by atoms with Crippen LogP contribution in [0.1, 0.15) is 48.5 Å². The second-order valence-electron chi connectivity index (χ2n) is 8.69. The first-order valence-corrected chi connectivity index (χ1v) is 11.4. The number of halogens is 2. The molecule has 0 unspecified atom stereocenters. The van der Waals surface area contributed by atoms with Gasteiger partial charge in [-0.2, -0.15) is 8.78 Å². The molecule has 2 aromatic rings. The summed E-state index contributed by atoms with van der Waals surface area (Å²) in [6.07, 6.45) is 2.16. The molecule has 1 saturated carbocycles. The van der Waals surface area contributed by atoms with Crippen molar-refractivity contribution in [2.45, 2.75) is 44.9 Å². The number of rotatable bonds is 9. The normalized spacial score (nSPS) is 18.5. The molecule has 2 atom stereocenters. The molecule has 2 heterocycles. The van der Waals surface area contributed by atoms with Crippen molar-refractivity contribution in [3.05, 3.63) is 29.7 Å². The van der Waals surface area contributed by atoms with Gasteiger partial charge in [-0.15, -0.1) is 0 Å². The molecule has 2 amide bonds. The molecule has 10 nitrogen and oxygen atoms in total. The average Bonchev–Trinajstić information content (AvgIpc) is 3.34. The number of amides is 2. The van der Waals surface area contributed by atoms with E-state index in [4.69, 9.17) is 19.6 Å². The van der Waals surface area contributed by atoms with Crippen molar-refractivity contribution in [3.8, 4) is 23.0 Å². The highest BCUT2D eigenvalue weighted by atomic mass is 19.3. The number of hydrogen-bond acceptors (Lipinski definition) is 8. The van der Waals surface area contributed by atoms with Gasteiger partial charge in [-0.25, -0.2) is 9.78 Å². The lowest BCUT2D eigenvalue weighted by atomic mass is 10.2. The molecule has 3 N–H and O–H groups in total. The number of hydrogen-bond donors (Lipinski definition) is 2. The summed E-state index contributed by atoms with van der Waals surface area (Å²) < 4.78 is 46.5. The maximum Gasteiger partial charge on any atom is 0.409 e. The molecule has 35 heavy (non-hydrogen) atoms. The fourth-order valence-corrected chi connectivity index (χ4v) is 3.79. The molecule has 1 aromatic heterocycles. The second kappa shape index (κ2) is 10.5. The van der Waals surface area contributed by atoms with Gasteiger partial charge in [0.05, 0.1) is 19.8 Å². The summed E-state index contributed by atoms with van der Waals surface area (Å²) in [6.45, 7) is -0.198. The molecule has 0 bridgehead atoms. The van der Waals surface area contributed by atoms with E-state index >= 15 is 0 Å². The van der Waals surface area contributed by atoms with Gasteiger partial charge >= 0.3 is 12.7 Å². The van der Waals surface area contributed by atoms with Gasteiger partial charge in [-0.1, -0.05) is 0 Å². The summed E-state index contributed by atoms with van der Waals surface area (Å²) in [7, 11) is 1.30. The van der Waals surface area contributed by atoms with Crippen molar-refractivity contribution in [3.63, 3.8) is 0 Å². The maximum absolute atomic E-state index is 13.0. The number of benzene rings is 1. The Morgan fingerprint density at radius 1 is 1.29 bits per heavy atom. The van der Waals surface area contributed by atoms with Gasteiger partial charge in [0, 0.05) is 24.7 Å². The van der Waals surface area contributed by atoms with Crippen LogP contribution in [0.15, 0.2) is 22.6 Å². The monoisotopic (exact) mass is 494 g/mol. The number of ether oxygens (including phenoxy) is 3. The van der Waals surface area contributed by atoms with Gasteiger partial charge < -0.3 is 34.6 Å². The number of methoxy groups -OCH3 is 1. The number of likely N-dealkylation sites (tertiary alicyclic amines) is 1. The van der Waals surface area contributed by atoms with Crippen LogP contribution in [0, 0.1) is 5.92 Å². The molecule has 12 heteroatoms. The molecule has 1 aliphatic heterocycles. The van der Waals surface area contributed by atoms with E-state index in [0.717, 1.165) is 12.8 Å². The zero-order valence-electron chi connectivity index (χ0n) is 19.5. The van der Waals surface area contributed by atoms with Gasteiger partial charge in [0.1, 0.15) is 0 Å². The zero-order valence-corrected chi connectivity index (χ0v) is 19.5. The number of nitrogens with one attached hydrogen (secondary N) is 1. The van der Waals surface area contributed by atoms with E-state index in [1.165, 1.54) is 30.2 Å². The smallest absolute Gasteiger partial charge is 0.409 e. The van der Waals surface area contributed by atoms with Gasteiger partial charge in [-0.05, 0) is 50.3 Å². The molecule has 4 rings (SSSR count). The average molecular weight is 494 g/mol. The van der Waals surface area contributed by atoms with Crippen molar-refractivity contribution in [2.24, 2.45) is 11.7 Å². The fourth-order valence-electron chi connectivity index (χ4n) is 3.79. The SMILES string of the molecule is COC(=O)N1CC[C@@H](NC(=O)c2nc(-c3ccc(OC(F)F)c(OCC4CC4)c3)oc2[C@H](C)N)C1. The standard InChI is InChI=1S/C23H28F2N4O6/c1-12(26)19-18(20(30)27-15-7-8-29(10-15)23(31)32-2)28-21(35-19)14-5-6-16(34-22(24)25)17(9-14)33-11-13-3-4-13/h5-6,9,12-13,15,22H,3-4,7-8,10-11,26H2,1-2H3,(H,27,30)/t12-,15+/m0/s1. The van der Waals surface area contributed by atoms with E-state index in [1.54, 1.807) is 6.92 Å². The highest BCUT2D eigenvalue weighted by Gasteiger charge is 2.31. The molecule has 1 aliphatic carbocycles. The van der Waals surface area contributed by atoms with Gasteiger partial charge in [0.15, 0.2) is 23.0 Å². The number of carbonyl (C=O) groups is 2. The fraction of sp³-hybridized carbons (Fsp3) is 0.522. The molecule has 0 spiro atoms. The van der Waals surface area contributed by atoms with E-state index in [0.29, 0.717) is 37.6 Å². The number of carbonyl (C=O) groups excluding carboxylic acids is 2. The predicted molar refractivity (Wildman–Crippen MR) is 119 cm³/mol. The highest BCUT2D eigenvalue weighted by molar-refractivity contribution is 5.94. The maximum atomic E-state index is 13.0. The van der Waals surface area contributed by atoms with Crippen molar-refractivity contribution in [1.82, 2.24) is 15.2 Å². The molecule has 2 fully saturated rings. The third-order valence-electron chi connectivity index (χ3n) is 5.82. The van der Waals surface area contributed by atoms with Crippen LogP contribution in [0.3, 0.4) is 0 Å². The van der Waals surface area contributed by atoms with Crippen LogP contribution < -0.4 is 20.5 Å². The first-order valence-electron chi connectivity index (χ1n) is 11.4. The molecule has 1 aromatic carbocycles. The van der Waals surface area contributed by atoms with Crippen molar-refractivity contribution >= 4 is 12.0 Å². The second-order valence-corrected chi connectivity index (χ2v) is 8.69. The molecule has 0 radical (unpaired) electrons. The summed E-state index contributed by atoms with van der Waals surface area (Å²) in [6, 6.07) is 3.41. The summed E-state index contributed by atoms with van der Waals surface area (Å²) in [5, 5.41) is 2.85. The van der Waals surface area contributed by atoms with Gasteiger partial charge in [0.2, 0.25) is 5.89 Å². The lowest BCUT2D eigenvalue weighted by Crippen LogP contribution is -2.39. The summed E-state index contributed by atoms with van der Waals surface area (Å²) in [4.78, 5) is 30.5. The van der Waals surface area contributed by atoms with Gasteiger partial charge in [-0.3, -0.25) is 4.79 Å². The minimum atomic E-state index is -3.00. The van der Waals surface area contributed by atoms with Crippen LogP contribution in [-0.4, -0.2) is 61.3 Å². The molecule has 190 valence electrons. The first kappa shape index (κ1) is 24.7. The third-order valence-corrected chi connectivity index (χ3v) is 5.82. The number of oxazole rings is 1. The Hall–Kier alpha value is -3.41. The Labute approximate surface area is 200 Å². The zero-order chi connectivity index (χ0) is 25.1. The van der Waals surface area contributed by atoms with E-state index < -0.39 is 24.7 Å². The number of nitrogens with two attached hydrogens (primary N) is 1. The van der Waals surface area contributed by atoms with Crippen LogP contribution >= 0.6 is 0 Å². The first-order chi connectivity index (χ1) is 16.7. The predicted octanol–water partition coefficient (Wildman–Crippen LogP) is 3.32. The van der Waals surface area contributed by atoms with E-state index in [9.17, 15) is 18.4 Å². The van der Waals surface area contributed by atoms with Gasteiger partial charge in [0.25, 0.3) is 5.91 Å². The number of aromatic nitrogens is 1. The topological polar surface area (TPSA) is 129 Å². The Morgan fingerprint density at radius 2 is 2.06 bits per heavy atom. The van der Waals surface area contributed by atoms with E-state index in [2.05, 4.69) is 15.0 Å². The minimum Gasteiger partial charge on any atom is -0.489 e. The minimum absolute atomic E-state index is 0.0138. The Balaban J connectivity index is 1.55. The summed E-state index contributed by atoms with van der Waals surface area (Å²) in [5.41, 5.74) is 6.44. The molecular weight excluding hydrogens is 466 g/mol. The largest absolute Gasteiger partial charge is 0.489 e. The van der Waals surface area contributed by atoms with E-state index in [-0.39, 0.29) is 34.9 Å². The lowest BCUT2D eigenvalue weighted by Gasteiger charge is -2.15. The van der Waals surface area contributed by atoms with E-state index in [1.807, 2.05) is 0 Å². The molecule has 1 saturated heterocycles. The Kier molecular flexibility index (Phi) is 7.39. The Bertz CT molecular complexity index is 1070. The Morgan fingerprint density at radius 3 is 2.71 bits per heavy atom. The van der Waals surface area contributed by atoms with Crippen molar-refractivity contribution < 1.29 is 37.0 Å². The van der Waals surface area contributed by atoms with Crippen LogP contribution in [0.5, 0.6) is 11.5 Å². The quantitative estimate of drug-likeness (QED) is 0.543. The van der Waals surface area contributed by atoms with Crippen LogP contribution in [0.2, 0.25) is 0 Å². The van der Waals surface area contributed by atoms with Crippen LogP contribution in [0.4, 0.5) is 13.6 Å². The molecule has 2 aliphatic rings. The van der Waals surface area contributed by atoms with Crippen LogP contribution in [0.25, 0.3) is 11.5 Å².